The van der Waals surface area contributed by atoms with Gasteiger partial charge in [0.1, 0.15) is 51.9 Å². The SMILES string of the molecule is CC(=O)C[N+]1(CC(N)=O)CC[N+]2(CC1)Cc1ccc3c4c(ccc(c14)C2)S(=O)(=O)N3CC1C(C)[C@@H]2[C@@H]([C@@H](C)O)C(=O)N2C1C(=O)O. The number of amides is 2. The molecule has 14 heteroatoms. The van der Waals surface area contributed by atoms with Crippen molar-refractivity contribution in [3.8, 4) is 0 Å². The van der Waals surface area contributed by atoms with Gasteiger partial charge in [-0.15, -0.1) is 0 Å². The first kappa shape index (κ1) is 31.0. The fourth-order valence-electron chi connectivity index (χ4n) is 9.52. The van der Waals surface area contributed by atoms with Crippen LogP contribution >= 0.6 is 0 Å². The molecule has 2 amide bonds. The molecule has 0 aliphatic carbocycles. The van der Waals surface area contributed by atoms with Crippen LogP contribution in [0.1, 0.15) is 31.9 Å². The number of sulfonamides is 1. The molecule has 13 nitrogen and oxygen atoms in total. The van der Waals surface area contributed by atoms with Crippen LogP contribution in [0.4, 0.5) is 5.69 Å². The second kappa shape index (κ2) is 10.2. The van der Waals surface area contributed by atoms with E-state index < -0.39 is 57.8 Å². The number of ketones is 1. The Balaban J connectivity index is 1.21. The maximum atomic E-state index is 14.1. The van der Waals surface area contributed by atoms with E-state index in [0.29, 0.717) is 41.7 Å². The zero-order chi connectivity index (χ0) is 33.1. The van der Waals surface area contributed by atoms with E-state index in [2.05, 4.69) is 0 Å². The minimum Gasteiger partial charge on any atom is -0.480 e. The Morgan fingerprint density at radius 3 is 2.22 bits per heavy atom. The number of carbonyl (C=O) groups excluding carboxylic acids is 3. The Hall–Kier alpha value is -3.59. The summed E-state index contributed by atoms with van der Waals surface area (Å²) in [7, 11) is -4.00. The predicted molar refractivity (Wildman–Crippen MR) is 165 cm³/mol. The number of aliphatic hydroxyl groups is 1. The summed E-state index contributed by atoms with van der Waals surface area (Å²) in [6, 6.07) is 5.68. The van der Waals surface area contributed by atoms with E-state index in [9.17, 15) is 37.8 Å². The average Bonchev–Trinajstić information content (AvgIpc) is 3.33. The van der Waals surface area contributed by atoms with Crippen molar-refractivity contribution in [3.05, 3.63) is 35.4 Å². The standard InChI is InChI=1S/C32H39N5O8S/c1-17(38)13-36(16-25(33)40)8-10-37(11-9-36)14-20-4-6-23-28-24(7-5-21(15-37)27(20)28)46(44,45)34(23)12-22-18(2)29-26(19(3)39)31(41)35(29)30(22)32(42)43/h4-7,18-19,22,26,29-30,39H,8-16H2,1-3H3,(H-2,33,40,42,43)/p+2/t18?,19-,22?,26-,29-,30?,36?,37?/m1/s1. The van der Waals surface area contributed by atoms with Crippen molar-refractivity contribution in [2.45, 2.75) is 56.9 Å². The summed E-state index contributed by atoms with van der Waals surface area (Å²) in [4.78, 5) is 50.9. The molecule has 3 saturated heterocycles. The highest BCUT2D eigenvalue weighted by molar-refractivity contribution is 7.93. The quantitative estimate of drug-likeness (QED) is 0.263. The smallest absolute Gasteiger partial charge is 0.326 e. The third kappa shape index (κ3) is 4.33. The summed E-state index contributed by atoms with van der Waals surface area (Å²) in [6.07, 6.45) is -0.932. The van der Waals surface area contributed by atoms with Crippen molar-refractivity contribution in [1.82, 2.24) is 4.90 Å². The minimum atomic E-state index is -4.00. The lowest BCUT2D eigenvalue weighted by molar-refractivity contribution is -1.04. The normalized spacial score (nSPS) is 34.4. The van der Waals surface area contributed by atoms with Crippen molar-refractivity contribution >= 4 is 50.1 Å². The van der Waals surface area contributed by atoms with Crippen LogP contribution in [0.2, 0.25) is 0 Å². The van der Waals surface area contributed by atoms with Gasteiger partial charge < -0.3 is 29.8 Å². The number of quaternary nitrogens is 2. The van der Waals surface area contributed by atoms with E-state index in [1.807, 2.05) is 25.1 Å². The van der Waals surface area contributed by atoms with E-state index in [-0.39, 0.29) is 36.2 Å². The fraction of sp³-hybridized carbons (Fsp3) is 0.562. The molecule has 4 N–H and O–H groups in total. The van der Waals surface area contributed by atoms with Gasteiger partial charge in [0.25, 0.3) is 15.9 Å². The molecule has 2 aromatic rings. The zero-order valence-electron chi connectivity index (χ0n) is 26.3. The number of nitrogens with two attached hydrogens (primary N) is 1. The summed E-state index contributed by atoms with van der Waals surface area (Å²) in [5, 5.41) is 22.0. The molecule has 3 fully saturated rings. The molecule has 0 aromatic heterocycles. The molecule has 5 heterocycles. The molecule has 0 bridgehead atoms. The number of Topliss-reactive ketones (excluding diaryl/α,β-unsaturated/α-hetero) is 1. The summed E-state index contributed by atoms with van der Waals surface area (Å²) >= 11 is 0. The highest BCUT2D eigenvalue weighted by Gasteiger charge is 2.65. The maximum absolute atomic E-state index is 14.1. The topological polar surface area (TPSA) is 175 Å². The van der Waals surface area contributed by atoms with Crippen molar-refractivity contribution in [3.63, 3.8) is 0 Å². The molecule has 0 saturated carbocycles. The zero-order valence-corrected chi connectivity index (χ0v) is 27.1. The number of primary amides is 1. The van der Waals surface area contributed by atoms with Crippen LogP contribution in [0.25, 0.3) is 10.8 Å². The number of nitrogens with zero attached hydrogens (tertiary/aromatic N) is 4. The first-order valence-electron chi connectivity index (χ1n) is 15.9. The van der Waals surface area contributed by atoms with Gasteiger partial charge in [-0.1, -0.05) is 19.1 Å². The highest BCUT2D eigenvalue weighted by Crippen LogP contribution is 2.52. The maximum Gasteiger partial charge on any atom is 0.326 e. The average molecular weight is 656 g/mol. The fourth-order valence-corrected chi connectivity index (χ4v) is 11.2. The molecular formula is C32H41N5O8S+2. The molecule has 246 valence electrons. The number of benzene rings is 2. The Labute approximate surface area is 267 Å². The van der Waals surface area contributed by atoms with E-state index >= 15 is 0 Å². The van der Waals surface area contributed by atoms with Crippen LogP contribution in [-0.4, -0.2) is 120 Å². The van der Waals surface area contributed by atoms with Gasteiger partial charge in [-0.3, -0.25) is 18.7 Å². The van der Waals surface area contributed by atoms with Gasteiger partial charge >= 0.3 is 5.97 Å². The predicted octanol–water partition coefficient (Wildman–Crippen LogP) is 0.0105. The first-order valence-corrected chi connectivity index (χ1v) is 17.3. The molecule has 1 spiro atoms. The van der Waals surface area contributed by atoms with Crippen LogP contribution in [0, 0.1) is 17.8 Å². The Kier molecular flexibility index (Phi) is 6.88. The van der Waals surface area contributed by atoms with Crippen molar-refractivity contribution < 1.29 is 46.8 Å². The van der Waals surface area contributed by atoms with Gasteiger partial charge in [0.05, 0.1) is 22.6 Å². The molecule has 5 aliphatic rings. The summed E-state index contributed by atoms with van der Waals surface area (Å²) in [5.41, 5.74) is 8.17. The van der Waals surface area contributed by atoms with Crippen molar-refractivity contribution in [2.24, 2.45) is 23.5 Å². The monoisotopic (exact) mass is 655 g/mol. The highest BCUT2D eigenvalue weighted by atomic mass is 32.2. The molecule has 5 aliphatic heterocycles. The van der Waals surface area contributed by atoms with Crippen LogP contribution in [0.15, 0.2) is 29.2 Å². The number of anilines is 1. The lowest BCUT2D eigenvalue weighted by Crippen LogP contribution is -2.68. The van der Waals surface area contributed by atoms with Gasteiger partial charge in [0.2, 0.25) is 5.91 Å². The number of fused-ring (bicyclic) bond motifs is 1. The van der Waals surface area contributed by atoms with Gasteiger partial charge in [-0.2, -0.15) is 0 Å². The van der Waals surface area contributed by atoms with E-state index in [1.165, 1.54) is 23.1 Å². The number of carboxylic acid groups (broad SMARTS) is 1. The van der Waals surface area contributed by atoms with E-state index in [1.54, 1.807) is 6.07 Å². The Morgan fingerprint density at radius 2 is 1.65 bits per heavy atom. The number of hydrogen-bond acceptors (Lipinski definition) is 7. The molecule has 0 radical (unpaired) electrons. The third-order valence-corrected chi connectivity index (χ3v) is 13.4. The number of piperazine rings is 1. The van der Waals surface area contributed by atoms with Gasteiger partial charge in [-0.05, 0) is 25.0 Å². The van der Waals surface area contributed by atoms with E-state index in [0.717, 1.165) is 34.1 Å². The first-order chi connectivity index (χ1) is 21.6. The number of rotatable bonds is 8. The van der Waals surface area contributed by atoms with E-state index in [4.69, 9.17) is 5.73 Å². The van der Waals surface area contributed by atoms with Gasteiger partial charge in [-0.25, -0.2) is 13.2 Å². The Bertz CT molecular complexity index is 1790. The van der Waals surface area contributed by atoms with Crippen LogP contribution in [0.3, 0.4) is 0 Å². The van der Waals surface area contributed by atoms with Gasteiger partial charge in [0.15, 0.2) is 12.3 Å². The molecule has 6 atom stereocenters. The summed E-state index contributed by atoms with van der Waals surface area (Å²) in [6.45, 7) is 9.34. The number of carboxylic acids is 1. The minimum absolute atomic E-state index is 0.0218. The Morgan fingerprint density at radius 1 is 1.02 bits per heavy atom. The lowest BCUT2D eigenvalue weighted by atomic mass is 9.77. The number of carbonyl (C=O) groups is 4. The van der Waals surface area contributed by atoms with Crippen LogP contribution in [-0.2, 0) is 42.3 Å². The van der Waals surface area contributed by atoms with Crippen molar-refractivity contribution in [2.75, 3.05) is 50.1 Å². The molecular weight excluding hydrogens is 614 g/mol. The summed E-state index contributed by atoms with van der Waals surface area (Å²) < 4.78 is 30.6. The second-order valence-corrected chi connectivity index (χ2v) is 16.3. The third-order valence-electron chi connectivity index (χ3n) is 11.6. The molecule has 46 heavy (non-hydrogen) atoms. The van der Waals surface area contributed by atoms with Crippen LogP contribution < -0.4 is 10.0 Å². The largest absolute Gasteiger partial charge is 0.480 e. The van der Waals surface area contributed by atoms with Crippen molar-refractivity contribution in [1.29, 1.82) is 0 Å². The number of β-lactam (4-membered cyclic amide) rings is 1. The molecule has 3 unspecified atom stereocenters. The number of aliphatic carboxylic acids is 1. The number of aliphatic hydroxyl groups excluding tert-OH is 1. The summed E-state index contributed by atoms with van der Waals surface area (Å²) in [5.74, 6) is -3.70. The lowest BCUT2D eigenvalue weighted by Gasteiger charge is -2.50. The number of hydrogen-bond donors (Lipinski definition) is 3. The van der Waals surface area contributed by atoms with Gasteiger partial charge in [0, 0.05) is 47.3 Å². The second-order valence-electron chi connectivity index (χ2n) is 14.4. The van der Waals surface area contributed by atoms with Crippen LogP contribution in [0.5, 0.6) is 0 Å². The molecule has 7 rings (SSSR count). The molecule has 2 aromatic carbocycles.